The summed E-state index contributed by atoms with van der Waals surface area (Å²) in [5.74, 6) is 0.214. The van der Waals surface area contributed by atoms with Gasteiger partial charge in [0.2, 0.25) is 0 Å². The maximum absolute atomic E-state index is 13.4. The molecule has 5 aliphatic rings. The monoisotopic (exact) mass is 492 g/mol. The predicted molar refractivity (Wildman–Crippen MR) is 127 cm³/mol. The van der Waals surface area contributed by atoms with Gasteiger partial charge in [-0.1, -0.05) is 32.4 Å². The van der Waals surface area contributed by atoms with E-state index in [1.165, 1.54) is 0 Å². The van der Waals surface area contributed by atoms with Crippen LogP contribution in [0.3, 0.4) is 0 Å². The molecule has 0 radical (unpaired) electrons. The van der Waals surface area contributed by atoms with Gasteiger partial charge in [0.25, 0.3) is 0 Å². The highest BCUT2D eigenvalue weighted by Gasteiger charge is 2.75. The molecule has 1 heterocycles. The van der Waals surface area contributed by atoms with Crippen LogP contribution >= 0.6 is 11.6 Å². The van der Waals surface area contributed by atoms with Crippen molar-refractivity contribution >= 4 is 23.2 Å². The fourth-order valence-electron chi connectivity index (χ4n) is 8.32. The van der Waals surface area contributed by atoms with Crippen molar-refractivity contribution in [1.82, 2.24) is 0 Å². The number of carbonyl (C=O) groups is 2. The van der Waals surface area contributed by atoms with Gasteiger partial charge in [-0.15, -0.1) is 11.6 Å². The zero-order chi connectivity index (χ0) is 24.5. The number of hydrogen-bond donors (Lipinski definition) is 1. The topological polar surface area (TPSA) is 82.1 Å². The molecule has 188 valence electrons. The first-order valence-electron chi connectivity index (χ1n) is 12.8. The number of Topliss-reactive ketones (excluding diaryl/α,β-unsaturated/α-hetero) is 1. The molecule has 1 unspecified atom stereocenters. The number of carbonyl (C=O) groups excluding carboxylic acids is 2. The standard InChI is InChI=1S/C27H37ClO6/c1-5-32-11-8-23-33-15-22(31)26(34-23)10-7-18-20-12-16(2)19-13-17(29)6-9-24(19,3)27(20,28)21(30)14-25(18,26)4/h6,9,13,16,18,20-21,23,30H,5,7-8,10-12,14-15H2,1-4H3/t16-,18-,20-,21-,23?,24-,25-,26-,27-/m0/s1. The Kier molecular flexibility index (Phi) is 5.97. The van der Waals surface area contributed by atoms with Crippen LogP contribution in [0.5, 0.6) is 0 Å². The molecular weight excluding hydrogens is 456 g/mol. The molecule has 0 aromatic carbocycles. The van der Waals surface area contributed by atoms with Crippen molar-refractivity contribution in [2.45, 2.75) is 82.7 Å². The predicted octanol–water partition coefficient (Wildman–Crippen LogP) is 3.98. The fraction of sp³-hybridized carbons (Fsp3) is 0.778. The Balaban J connectivity index is 1.52. The second kappa shape index (κ2) is 8.24. The summed E-state index contributed by atoms with van der Waals surface area (Å²) < 4.78 is 17.7. The lowest BCUT2D eigenvalue weighted by atomic mass is 9.44. The molecular formula is C27H37ClO6. The van der Waals surface area contributed by atoms with Crippen LogP contribution in [0.4, 0.5) is 0 Å². The smallest absolute Gasteiger partial charge is 0.190 e. The molecule has 4 aliphatic carbocycles. The lowest BCUT2D eigenvalue weighted by molar-refractivity contribution is -0.277. The lowest BCUT2D eigenvalue weighted by Crippen LogP contribution is -2.70. The van der Waals surface area contributed by atoms with Crippen molar-refractivity contribution in [1.29, 1.82) is 0 Å². The lowest BCUT2D eigenvalue weighted by Gasteiger charge is -2.65. The minimum absolute atomic E-state index is 0.0154. The van der Waals surface area contributed by atoms with E-state index in [0.29, 0.717) is 32.5 Å². The van der Waals surface area contributed by atoms with Crippen LogP contribution in [0.25, 0.3) is 0 Å². The Morgan fingerprint density at radius 3 is 2.76 bits per heavy atom. The molecule has 1 spiro atoms. The average Bonchev–Trinajstić information content (AvgIpc) is 3.07. The number of fused-ring (bicyclic) bond motifs is 6. The first-order chi connectivity index (χ1) is 16.0. The summed E-state index contributed by atoms with van der Waals surface area (Å²) in [6.07, 6.45) is 7.02. The van der Waals surface area contributed by atoms with Gasteiger partial charge in [-0.25, -0.2) is 0 Å². The number of aliphatic hydroxyl groups is 1. The summed E-state index contributed by atoms with van der Waals surface area (Å²) >= 11 is 7.54. The van der Waals surface area contributed by atoms with Crippen LogP contribution in [-0.4, -0.2) is 59.4 Å². The number of hydrogen-bond acceptors (Lipinski definition) is 6. The molecule has 5 rings (SSSR count). The van der Waals surface area contributed by atoms with Crippen LogP contribution < -0.4 is 0 Å². The normalized spacial score (nSPS) is 50.1. The second-order valence-corrected chi connectivity index (χ2v) is 12.1. The molecule has 0 aromatic heterocycles. The first kappa shape index (κ1) is 24.6. The van der Waals surface area contributed by atoms with E-state index in [1.807, 2.05) is 13.0 Å². The molecule has 4 fully saturated rings. The van der Waals surface area contributed by atoms with E-state index in [4.69, 9.17) is 25.8 Å². The Labute approximate surface area is 207 Å². The molecule has 9 atom stereocenters. The van der Waals surface area contributed by atoms with Gasteiger partial charge in [0.1, 0.15) is 12.2 Å². The first-order valence-corrected chi connectivity index (χ1v) is 13.1. The summed E-state index contributed by atoms with van der Waals surface area (Å²) in [5.41, 5.74) is -1.14. The van der Waals surface area contributed by atoms with Gasteiger partial charge in [0, 0.05) is 23.9 Å². The highest BCUT2D eigenvalue weighted by molar-refractivity contribution is 6.26. The number of ether oxygens (including phenoxy) is 3. The average molecular weight is 493 g/mol. The molecule has 0 amide bonds. The number of rotatable bonds is 4. The summed E-state index contributed by atoms with van der Waals surface area (Å²) in [7, 11) is 0. The molecule has 6 nitrogen and oxygen atoms in total. The maximum atomic E-state index is 13.4. The van der Waals surface area contributed by atoms with Gasteiger partial charge < -0.3 is 19.3 Å². The molecule has 1 N–H and O–H groups in total. The van der Waals surface area contributed by atoms with Crippen molar-refractivity contribution in [2.75, 3.05) is 19.8 Å². The molecule has 7 heteroatoms. The summed E-state index contributed by atoms with van der Waals surface area (Å²) in [6.45, 7) is 9.43. The SMILES string of the molecule is CCOCCC1OCC(=O)[C@]2(CC[C@H]3[C@@H]4C[C@H](C)C5=CC(=O)C=C[C@]5(C)[C@@]4(Cl)[C@@H](O)C[C@@]32C)O1. The van der Waals surface area contributed by atoms with Gasteiger partial charge in [-0.2, -0.15) is 0 Å². The quantitative estimate of drug-likeness (QED) is 0.472. The van der Waals surface area contributed by atoms with E-state index in [2.05, 4.69) is 20.8 Å². The van der Waals surface area contributed by atoms with E-state index in [0.717, 1.165) is 18.4 Å². The molecule has 34 heavy (non-hydrogen) atoms. The van der Waals surface area contributed by atoms with Crippen LogP contribution in [0.1, 0.15) is 59.8 Å². The highest BCUT2D eigenvalue weighted by Crippen LogP contribution is 2.72. The van der Waals surface area contributed by atoms with E-state index in [1.54, 1.807) is 12.2 Å². The number of allylic oxidation sites excluding steroid dienone is 4. The molecule has 1 aliphatic heterocycles. The third kappa shape index (κ3) is 3.08. The van der Waals surface area contributed by atoms with Gasteiger partial charge in [-0.3, -0.25) is 9.59 Å². The van der Waals surface area contributed by atoms with E-state index >= 15 is 0 Å². The molecule has 1 saturated heterocycles. The van der Waals surface area contributed by atoms with Crippen molar-refractivity contribution in [3.8, 4) is 0 Å². The Morgan fingerprint density at radius 1 is 1.26 bits per heavy atom. The number of alkyl halides is 1. The van der Waals surface area contributed by atoms with Crippen molar-refractivity contribution < 1.29 is 28.9 Å². The number of ketones is 2. The Morgan fingerprint density at radius 2 is 2.03 bits per heavy atom. The van der Waals surface area contributed by atoms with E-state index in [-0.39, 0.29) is 35.9 Å². The summed E-state index contributed by atoms with van der Waals surface area (Å²) in [5, 5.41) is 11.8. The zero-order valence-electron chi connectivity index (χ0n) is 20.6. The second-order valence-electron chi connectivity index (χ2n) is 11.4. The third-order valence-electron chi connectivity index (χ3n) is 9.97. The maximum Gasteiger partial charge on any atom is 0.190 e. The minimum atomic E-state index is -0.982. The van der Waals surface area contributed by atoms with E-state index < -0.39 is 33.7 Å². The van der Waals surface area contributed by atoms with Gasteiger partial charge in [-0.05, 0) is 62.5 Å². The van der Waals surface area contributed by atoms with Gasteiger partial charge in [0.15, 0.2) is 17.9 Å². The minimum Gasteiger partial charge on any atom is -0.391 e. The Hall–Kier alpha value is -1.05. The van der Waals surface area contributed by atoms with Crippen LogP contribution in [0.15, 0.2) is 23.8 Å². The van der Waals surface area contributed by atoms with E-state index in [9.17, 15) is 14.7 Å². The van der Waals surface area contributed by atoms with Crippen LogP contribution in [0.2, 0.25) is 0 Å². The third-order valence-corrected chi connectivity index (χ3v) is 10.9. The molecule has 0 aromatic rings. The van der Waals surface area contributed by atoms with Gasteiger partial charge >= 0.3 is 0 Å². The summed E-state index contributed by atoms with van der Waals surface area (Å²) in [6, 6.07) is 0. The van der Waals surface area contributed by atoms with Crippen molar-refractivity contribution in [2.24, 2.45) is 28.6 Å². The number of aliphatic hydroxyl groups excluding tert-OH is 1. The largest absolute Gasteiger partial charge is 0.391 e. The van der Waals surface area contributed by atoms with Crippen LogP contribution in [0, 0.1) is 28.6 Å². The van der Waals surface area contributed by atoms with Crippen molar-refractivity contribution in [3.63, 3.8) is 0 Å². The zero-order valence-corrected chi connectivity index (χ0v) is 21.4. The summed E-state index contributed by atoms with van der Waals surface area (Å²) in [4.78, 5) is 24.7. The van der Waals surface area contributed by atoms with Crippen LogP contribution in [-0.2, 0) is 23.8 Å². The highest BCUT2D eigenvalue weighted by atomic mass is 35.5. The Bertz CT molecular complexity index is 945. The molecule has 3 saturated carbocycles. The van der Waals surface area contributed by atoms with Crippen molar-refractivity contribution in [3.05, 3.63) is 23.8 Å². The van der Waals surface area contributed by atoms with Gasteiger partial charge in [0.05, 0.1) is 17.6 Å². The molecule has 0 bridgehead atoms. The fourth-order valence-corrected chi connectivity index (χ4v) is 8.81. The number of halogens is 1.